The second-order valence-corrected chi connectivity index (χ2v) is 1.84. The summed E-state index contributed by atoms with van der Waals surface area (Å²) in [5, 5.41) is 2.37. The highest BCUT2D eigenvalue weighted by atomic mass is 32.2. The van der Waals surface area contributed by atoms with Crippen LogP contribution in [-0.4, -0.2) is 4.71 Å². The maximum Gasteiger partial charge on any atom is 0.177 e. The molecule has 0 saturated heterocycles. The number of thiol groups is 2. The van der Waals surface area contributed by atoms with E-state index < -0.39 is 4.71 Å². The van der Waals surface area contributed by atoms with E-state index in [0.717, 1.165) is 0 Å². The van der Waals surface area contributed by atoms with E-state index in [4.69, 9.17) is 4.91 Å². The zero-order valence-corrected chi connectivity index (χ0v) is 4.12. The first-order valence-corrected chi connectivity index (χ1v) is 1.99. The second kappa shape index (κ2) is 2.53. The van der Waals surface area contributed by atoms with E-state index in [1.165, 1.54) is 0 Å². The minimum absolute atomic E-state index is 0.657. The molecule has 0 aromatic carbocycles. The van der Waals surface area contributed by atoms with Crippen molar-refractivity contribution in [1.82, 2.24) is 0 Å². The molecule has 0 atom stereocenters. The lowest BCUT2D eigenvalue weighted by Crippen LogP contribution is -1.69. The molecular weight excluding hydrogens is 106 g/mol. The maximum absolute atomic E-state index is 9.10. The molecule has 0 aliphatic rings. The fourth-order valence-corrected chi connectivity index (χ4v) is 0. The number of hydrogen-bond acceptors (Lipinski definition) is 4. The summed E-state index contributed by atoms with van der Waals surface area (Å²) in [6.45, 7) is 0. The Labute approximate surface area is 40.7 Å². The highest BCUT2D eigenvalue weighted by molar-refractivity contribution is 7.99. The average Bonchev–Trinajstić information content (AvgIpc) is 1.38. The molecule has 5 heavy (non-hydrogen) atoms. The molecule has 0 amide bonds. The van der Waals surface area contributed by atoms with E-state index in [1.807, 2.05) is 0 Å². The van der Waals surface area contributed by atoms with E-state index in [-0.39, 0.29) is 0 Å². The fourth-order valence-electron chi connectivity index (χ4n) is 0. The summed E-state index contributed by atoms with van der Waals surface area (Å²) in [5.41, 5.74) is 0. The maximum atomic E-state index is 9.10. The van der Waals surface area contributed by atoms with E-state index in [0.29, 0.717) is 0 Å². The van der Waals surface area contributed by atoms with Gasteiger partial charge in [0, 0.05) is 0 Å². The van der Waals surface area contributed by atoms with Gasteiger partial charge >= 0.3 is 0 Å². The average molecular weight is 109 g/mol. The van der Waals surface area contributed by atoms with Crippen LogP contribution in [0.2, 0.25) is 0 Å². The van der Waals surface area contributed by atoms with Crippen LogP contribution in [0.5, 0.6) is 0 Å². The molecule has 0 aromatic rings. The standard InChI is InChI=1S/CH3NOS2/c3-2-1(4)5/h1,4-5H. The third kappa shape index (κ3) is 4.30. The van der Waals surface area contributed by atoms with Crippen molar-refractivity contribution in [3.63, 3.8) is 0 Å². The number of rotatable bonds is 1. The summed E-state index contributed by atoms with van der Waals surface area (Å²) in [4.78, 5) is 9.10. The van der Waals surface area contributed by atoms with Crippen LogP contribution in [0.15, 0.2) is 5.18 Å². The Kier molecular flexibility index (Phi) is 2.68. The van der Waals surface area contributed by atoms with Gasteiger partial charge in [-0.15, -0.1) is 30.2 Å². The largest absolute Gasteiger partial charge is 0.177 e. The van der Waals surface area contributed by atoms with Crippen molar-refractivity contribution < 1.29 is 0 Å². The van der Waals surface area contributed by atoms with Gasteiger partial charge < -0.3 is 0 Å². The van der Waals surface area contributed by atoms with Gasteiger partial charge in [-0.1, -0.05) is 0 Å². The Balaban J connectivity index is 2.83. The summed E-state index contributed by atoms with van der Waals surface area (Å²) in [7, 11) is 0. The van der Waals surface area contributed by atoms with Crippen molar-refractivity contribution in [1.29, 1.82) is 0 Å². The topological polar surface area (TPSA) is 29.4 Å². The van der Waals surface area contributed by atoms with Crippen LogP contribution in [0, 0.1) is 4.91 Å². The van der Waals surface area contributed by atoms with Crippen molar-refractivity contribution >= 4 is 25.3 Å². The first kappa shape index (κ1) is 5.30. The zero-order chi connectivity index (χ0) is 4.28. The van der Waals surface area contributed by atoms with Gasteiger partial charge in [0.15, 0.2) is 4.71 Å². The lowest BCUT2D eigenvalue weighted by molar-refractivity contribution is 1.29. The Hall–Kier alpha value is 0.300. The zero-order valence-electron chi connectivity index (χ0n) is 2.33. The molecule has 0 aliphatic carbocycles. The van der Waals surface area contributed by atoms with Crippen molar-refractivity contribution in [3.05, 3.63) is 4.91 Å². The molecule has 0 radical (unpaired) electrons. The van der Waals surface area contributed by atoms with Crippen molar-refractivity contribution in [3.8, 4) is 0 Å². The number of nitrogens with zero attached hydrogens (tertiary/aromatic N) is 1. The molecular formula is CH3NOS2. The van der Waals surface area contributed by atoms with Gasteiger partial charge in [-0.05, 0) is 5.18 Å². The summed E-state index contributed by atoms with van der Waals surface area (Å²) in [6.07, 6.45) is 0. The lowest BCUT2D eigenvalue weighted by Gasteiger charge is -1.76. The monoisotopic (exact) mass is 109 g/mol. The van der Waals surface area contributed by atoms with E-state index in [2.05, 4.69) is 30.4 Å². The van der Waals surface area contributed by atoms with Gasteiger partial charge in [-0.2, -0.15) is 0 Å². The molecule has 0 saturated carbocycles. The van der Waals surface area contributed by atoms with E-state index in [9.17, 15) is 0 Å². The van der Waals surface area contributed by atoms with Crippen LogP contribution >= 0.6 is 25.3 Å². The quantitative estimate of drug-likeness (QED) is 0.292. The number of nitroso groups, excluding NO2 is 1. The van der Waals surface area contributed by atoms with E-state index >= 15 is 0 Å². The van der Waals surface area contributed by atoms with Gasteiger partial charge in [-0.25, -0.2) is 0 Å². The first-order chi connectivity index (χ1) is 2.27. The normalized spacial score (nSPS) is 8.60. The van der Waals surface area contributed by atoms with Gasteiger partial charge in [0.2, 0.25) is 0 Å². The smallest absolute Gasteiger partial charge is 0.149 e. The molecule has 4 heteroatoms. The van der Waals surface area contributed by atoms with Gasteiger partial charge in [-0.3, -0.25) is 0 Å². The van der Waals surface area contributed by atoms with E-state index in [1.54, 1.807) is 0 Å². The van der Waals surface area contributed by atoms with Crippen molar-refractivity contribution in [2.75, 3.05) is 0 Å². The summed E-state index contributed by atoms with van der Waals surface area (Å²) >= 11 is 6.97. The third-order valence-electron chi connectivity index (χ3n) is 0.0943. The molecule has 2 nitrogen and oxygen atoms in total. The van der Waals surface area contributed by atoms with Crippen LogP contribution < -0.4 is 0 Å². The van der Waals surface area contributed by atoms with Crippen molar-refractivity contribution in [2.45, 2.75) is 4.71 Å². The Morgan fingerprint density at radius 3 is 1.80 bits per heavy atom. The molecule has 0 bridgehead atoms. The molecule has 0 heterocycles. The van der Waals surface area contributed by atoms with Crippen LogP contribution in [0.3, 0.4) is 0 Å². The van der Waals surface area contributed by atoms with Gasteiger partial charge in [0.05, 0.1) is 0 Å². The lowest BCUT2D eigenvalue weighted by atomic mass is 11.5. The Morgan fingerprint density at radius 1 is 1.60 bits per heavy atom. The highest BCUT2D eigenvalue weighted by Crippen LogP contribution is 1.97. The van der Waals surface area contributed by atoms with Crippen LogP contribution in [0.1, 0.15) is 0 Å². The highest BCUT2D eigenvalue weighted by Gasteiger charge is 1.82. The fraction of sp³-hybridized carbons (Fsp3) is 1.00. The first-order valence-electron chi connectivity index (χ1n) is 0.957. The molecule has 0 spiro atoms. The van der Waals surface area contributed by atoms with Crippen LogP contribution in [-0.2, 0) is 0 Å². The Morgan fingerprint density at radius 2 is 1.80 bits per heavy atom. The van der Waals surface area contributed by atoms with Gasteiger partial charge in [0.1, 0.15) is 0 Å². The second-order valence-electron chi connectivity index (χ2n) is 0.452. The molecule has 30 valence electrons. The van der Waals surface area contributed by atoms with Crippen LogP contribution in [0.4, 0.5) is 0 Å². The minimum Gasteiger partial charge on any atom is -0.149 e. The molecule has 0 aromatic heterocycles. The molecule has 0 N–H and O–H groups in total. The summed E-state index contributed by atoms with van der Waals surface area (Å²) < 4.78 is -0.657. The predicted octanol–water partition coefficient (Wildman–Crippen LogP) is 0.896. The van der Waals surface area contributed by atoms with Crippen LogP contribution in [0.25, 0.3) is 0 Å². The molecule has 0 fully saturated rings. The molecule has 0 rings (SSSR count). The molecule has 0 unspecified atom stereocenters. The predicted molar refractivity (Wildman–Crippen MR) is 27.6 cm³/mol. The Bertz CT molecular complexity index is 36.6. The third-order valence-corrected chi connectivity index (χ3v) is 0.283. The summed E-state index contributed by atoms with van der Waals surface area (Å²) in [6, 6.07) is 0. The van der Waals surface area contributed by atoms with Gasteiger partial charge in [0.25, 0.3) is 0 Å². The summed E-state index contributed by atoms with van der Waals surface area (Å²) in [5.74, 6) is 0. The number of hydrogen-bond donors (Lipinski definition) is 2. The molecule has 0 aliphatic heterocycles. The minimum atomic E-state index is -0.657. The van der Waals surface area contributed by atoms with Crippen molar-refractivity contribution in [2.24, 2.45) is 5.18 Å². The SMILES string of the molecule is O=NC(S)S.